The van der Waals surface area contributed by atoms with Gasteiger partial charge in [-0.05, 0) is 42.9 Å². The fourth-order valence-corrected chi connectivity index (χ4v) is 3.88. The second-order valence-corrected chi connectivity index (χ2v) is 10.5. The third kappa shape index (κ3) is 17.7. The average molecular weight is 374 g/mol. The Morgan fingerprint density at radius 1 is 0.875 bits per heavy atom. The first kappa shape index (κ1) is 27.1. The molecular weight excluding hydrogens is 335 g/mol. The average Bonchev–Trinajstić information content (AvgIpc) is 2.21. The second kappa shape index (κ2) is 11.6. The Morgan fingerprint density at radius 3 is 1.83 bits per heavy atom. The van der Waals surface area contributed by atoms with E-state index < -0.39 is 10.4 Å². The predicted molar refractivity (Wildman–Crippen MR) is 96.6 cm³/mol. The van der Waals surface area contributed by atoms with Crippen molar-refractivity contribution in [3.05, 3.63) is 0 Å². The second-order valence-electron chi connectivity index (χ2n) is 9.27. The smallest absolute Gasteiger partial charge is 0.248 e. The quantitative estimate of drug-likeness (QED) is 0.436. The summed E-state index contributed by atoms with van der Waals surface area (Å²) in [6.45, 7) is 17.1. The molecule has 0 aromatic carbocycles. The van der Waals surface area contributed by atoms with Gasteiger partial charge in [-0.2, -0.15) is 8.42 Å². The monoisotopic (exact) mass is 373 g/mol. The Hall–Kier alpha value is 0.870. The SMILES string of the molecule is CC(CCCCOS(=O)(=O)OC(C)CC(C)(C)C)CC(C)(C)C.[Na+]. The van der Waals surface area contributed by atoms with E-state index in [1.165, 1.54) is 6.42 Å². The van der Waals surface area contributed by atoms with Crippen molar-refractivity contribution in [2.24, 2.45) is 16.7 Å². The van der Waals surface area contributed by atoms with Crippen molar-refractivity contribution in [2.75, 3.05) is 6.61 Å². The molecule has 4 nitrogen and oxygen atoms in total. The Morgan fingerprint density at radius 2 is 1.38 bits per heavy atom. The van der Waals surface area contributed by atoms with Gasteiger partial charge in [0.2, 0.25) is 0 Å². The summed E-state index contributed by atoms with van der Waals surface area (Å²) in [5.41, 5.74) is 0.369. The molecule has 0 radical (unpaired) electrons. The number of rotatable bonds is 10. The van der Waals surface area contributed by atoms with Gasteiger partial charge in [0.1, 0.15) is 0 Å². The van der Waals surface area contributed by atoms with Crippen molar-refractivity contribution < 1.29 is 46.3 Å². The summed E-state index contributed by atoms with van der Waals surface area (Å²) >= 11 is 0. The van der Waals surface area contributed by atoms with Crippen LogP contribution < -0.4 is 29.6 Å². The Balaban J connectivity index is 0. The summed E-state index contributed by atoms with van der Waals surface area (Å²) in [5.74, 6) is 0.648. The molecule has 140 valence electrons. The molecule has 0 N–H and O–H groups in total. The maximum absolute atomic E-state index is 11.8. The summed E-state index contributed by atoms with van der Waals surface area (Å²) in [4.78, 5) is 0. The van der Waals surface area contributed by atoms with Crippen molar-refractivity contribution in [1.82, 2.24) is 0 Å². The molecule has 0 amide bonds. The summed E-state index contributed by atoms with van der Waals surface area (Å²) in [7, 11) is -3.88. The molecule has 0 aliphatic rings. The maximum atomic E-state index is 11.8. The standard InChI is InChI=1S/C18H38O4S.Na/c1-15(13-17(3,4)5)11-9-10-12-21-23(19,20)22-16(2)14-18(6,7)8;/h15-16H,9-14H2,1-8H3;/q;+1. The summed E-state index contributed by atoms with van der Waals surface area (Å²) in [6.07, 6.45) is 4.29. The molecule has 0 aliphatic heterocycles. The minimum absolute atomic E-state index is 0. The molecule has 0 aromatic heterocycles. The van der Waals surface area contributed by atoms with Gasteiger partial charge in [-0.25, -0.2) is 8.37 Å². The van der Waals surface area contributed by atoms with Crippen LogP contribution in [-0.4, -0.2) is 21.1 Å². The Labute approximate surface area is 173 Å². The molecule has 0 rings (SSSR count). The van der Waals surface area contributed by atoms with Gasteiger partial charge in [-0.15, -0.1) is 0 Å². The van der Waals surface area contributed by atoms with E-state index in [2.05, 4.69) is 48.5 Å². The Kier molecular flexibility index (Phi) is 13.0. The van der Waals surface area contributed by atoms with Crippen LogP contribution in [0.3, 0.4) is 0 Å². The third-order valence-electron chi connectivity index (χ3n) is 3.46. The van der Waals surface area contributed by atoms with Gasteiger partial charge in [0, 0.05) is 0 Å². The maximum Gasteiger partial charge on any atom is 1.00 e. The van der Waals surface area contributed by atoms with Crippen LogP contribution in [-0.2, 0) is 18.8 Å². The first-order valence-electron chi connectivity index (χ1n) is 8.78. The molecule has 24 heavy (non-hydrogen) atoms. The minimum atomic E-state index is -3.88. The van der Waals surface area contributed by atoms with E-state index in [1.54, 1.807) is 6.92 Å². The molecule has 0 bridgehead atoms. The molecule has 0 saturated heterocycles. The summed E-state index contributed by atoms with van der Waals surface area (Å²) in [5, 5.41) is 0. The number of hydrogen-bond donors (Lipinski definition) is 0. The largest absolute Gasteiger partial charge is 1.00 e. The van der Waals surface area contributed by atoms with Crippen molar-refractivity contribution >= 4 is 10.4 Å². The molecule has 0 spiro atoms. The van der Waals surface area contributed by atoms with Crippen LogP contribution >= 0.6 is 0 Å². The van der Waals surface area contributed by atoms with E-state index >= 15 is 0 Å². The first-order chi connectivity index (χ1) is 10.2. The van der Waals surface area contributed by atoms with E-state index in [9.17, 15) is 8.42 Å². The van der Waals surface area contributed by atoms with Gasteiger partial charge in [0.05, 0.1) is 12.7 Å². The molecule has 6 heteroatoms. The van der Waals surface area contributed by atoms with E-state index in [0.717, 1.165) is 19.3 Å². The minimum Gasteiger partial charge on any atom is -0.248 e. The first-order valence-corrected chi connectivity index (χ1v) is 10.1. The molecule has 2 unspecified atom stereocenters. The molecule has 2 atom stereocenters. The summed E-state index contributed by atoms with van der Waals surface area (Å²) < 4.78 is 33.5. The number of hydrogen-bond acceptors (Lipinski definition) is 4. The van der Waals surface area contributed by atoms with E-state index in [4.69, 9.17) is 8.37 Å². The van der Waals surface area contributed by atoms with Crippen LogP contribution in [0.5, 0.6) is 0 Å². The van der Waals surface area contributed by atoms with Crippen LogP contribution in [0.4, 0.5) is 0 Å². The van der Waals surface area contributed by atoms with Gasteiger partial charge in [0.15, 0.2) is 0 Å². The van der Waals surface area contributed by atoms with Gasteiger partial charge in [-0.1, -0.05) is 61.3 Å². The fourth-order valence-electron chi connectivity index (χ4n) is 3.03. The van der Waals surface area contributed by atoms with E-state index in [1.807, 2.05) is 0 Å². The van der Waals surface area contributed by atoms with E-state index in [-0.39, 0.29) is 47.7 Å². The fraction of sp³-hybridized carbons (Fsp3) is 1.00. The van der Waals surface area contributed by atoms with Crippen molar-refractivity contribution in [2.45, 2.75) is 93.6 Å². The van der Waals surface area contributed by atoms with Crippen molar-refractivity contribution in [3.8, 4) is 0 Å². The van der Waals surface area contributed by atoms with Gasteiger partial charge < -0.3 is 0 Å². The predicted octanol–water partition coefficient (Wildman–Crippen LogP) is 2.34. The Bertz CT molecular complexity index is 421. The van der Waals surface area contributed by atoms with E-state index in [0.29, 0.717) is 17.8 Å². The molecule has 0 aromatic rings. The third-order valence-corrected chi connectivity index (χ3v) is 4.48. The van der Waals surface area contributed by atoms with Crippen LogP contribution in [0, 0.1) is 16.7 Å². The molecule has 0 heterocycles. The zero-order valence-corrected chi connectivity index (χ0v) is 20.3. The van der Waals surface area contributed by atoms with Crippen molar-refractivity contribution in [1.29, 1.82) is 0 Å². The van der Waals surface area contributed by atoms with Crippen molar-refractivity contribution in [3.63, 3.8) is 0 Å². The summed E-state index contributed by atoms with van der Waals surface area (Å²) in [6, 6.07) is 0. The van der Waals surface area contributed by atoms with Gasteiger partial charge in [-0.3, -0.25) is 0 Å². The molecule has 0 aliphatic carbocycles. The number of unbranched alkanes of at least 4 members (excludes halogenated alkanes) is 1. The van der Waals surface area contributed by atoms with Crippen LogP contribution in [0.1, 0.15) is 87.5 Å². The van der Waals surface area contributed by atoms with Crippen LogP contribution in [0.2, 0.25) is 0 Å². The zero-order valence-electron chi connectivity index (χ0n) is 17.4. The molecule has 0 saturated carbocycles. The molecule has 0 fully saturated rings. The zero-order chi connectivity index (χ0) is 18.3. The van der Waals surface area contributed by atoms with Gasteiger partial charge >= 0.3 is 40.0 Å². The van der Waals surface area contributed by atoms with Gasteiger partial charge in [0.25, 0.3) is 0 Å². The van der Waals surface area contributed by atoms with Crippen LogP contribution in [0.25, 0.3) is 0 Å². The normalized spacial score (nSPS) is 15.7. The topological polar surface area (TPSA) is 52.6 Å². The van der Waals surface area contributed by atoms with Crippen LogP contribution in [0.15, 0.2) is 0 Å². The molecular formula is C18H38NaO4S+.